The molecule has 0 spiro atoms. The van der Waals surface area contributed by atoms with E-state index in [0.29, 0.717) is 33.8 Å². The molecule has 2 aromatic rings. The summed E-state index contributed by atoms with van der Waals surface area (Å²) in [6.07, 6.45) is 0.508. The van der Waals surface area contributed by atoms with Gasteiger partial charge in [-0.2, -0.15) is 0 Å². The van der Waals surface area contributed by atoms with Crippen molar-refractivity contribution in [2.45, 2.75) is 38.6 Å². The number of thioether (sulfide) groups is 1. The fraction of sp³-hybridized carbons (Fsp3) is 0.364. The van der Waals surface area contributed by atoms with E-state index in [9.17, 15) is 9.59 Å². The summed E-state index contributed by atoms with van der Waals surface area (Å²) in [7, 11) is 0. The Hall–Kier alpha value is -1.40. The Balaban J connectivity index is 2.15. The van der Waals surface area contributed by atoms with E-state index in [0.717, 1.165) is 11.1 Å². The number of nitrogens with zero attached hydrogens (tertiary/aromatic N) is 1. The van der Waals surface area contributed by atoms with Crippen molar-refractivity contribution in [2.24, 2.45) is 0 Å². The van der Waals surface area contributed by atoms with E-state index < -0.39 is 6.04 Å². The van der Waals surface area contributed by atoms with E-state index >= 15 is 0 Å². The van der Waals surface area contributed by atoms with E-state index in [-0.39, 0.29) is 24.1 Å². The molecule has 0 aliphatic rings. The van der Waals surface area contributed by atoms with Crippen LogP contribution in [0.2, 0.25) is 15.1 Å². The number of amides is 2. The average Bonchev–Trinajstić information content (AvgIpc) is 2.72. The number of benzene rings is 2. The first kappa shape index (κ1) is 24.9. The average molecular weight is 488 g/mol. The predicted molar refractivity (Wildman–Crippen MR) is 127 cm³/mol. The van der Waals surface area contributed by atoms with Gasteiger partial charge in [0, 0.05) is 23.9 Å². The number of halogens is 3. The Morgan fingerprint density at radius 1 is 1.03 bits per heavy atom. The fourth-order valence-electron chi connectivity index (χ4n) is 2.99. The molecule has 0 heterocycles. The number of nitrogens with one attached hydrogen (secondary N) is 1. The molecule has 2 aromatic carbocycles. The molecule has 8 heteroatoms. The normalized spacial score (nSPS) is 11.8. The minimum atomic E-state index is -0.562. The van der Waals surface area contributed by atoms with Gasteiger partial charge in [0.15, 0.2) is 0 Å². The summed E-state index contributed by atoms with van der Waals surface area (Å²) in [5, 5.41) is 4.37. The molecule has 2 rings (SSSR count). The summed E-state index contributed by atoms with van der Waals surface area (Å²) in [5.41, 5.74) is 1.79. The summed E-state index contributed by atoms with van der Waals surface area (Å²) >= 11 is 19.8. The molecule has 1 atom stereocenters. The number of likely N-dealkylation sites (N-methyl/N-ethyl adjacent to an activating group) is 1. The van der Waals surface area contributed by atoms with Crippen LogP contribution in [0.5, 0.6) is 0 Å². The largest absolute Gasteiger partial charge is 0.355 e. The first-order chi connectivity index (χ1) is 14.4. The maximum Gasteiger partial charge on any atom is 0.242 e. The summed E-state index contributed by atoms with van der Waals surface area (Å²) in [6, 6.07) is 12.2. The van der Waals surface area contributed by atoms with Crippen LogP contribution >= 0.6 is 46.6 Å². The highest BCUT2D eigenvalue weighted by atomic mass is 35.5. The third-order valence-electron chi connectivity index (χ3n) is 4.51. The van der Waals surface area contributed by atoms with Crippen LogP contribution in [-0.4, -0.2) is 35.1 Å². The zero-order chi connectivity index (χ0) is 22.1. The van der Waals surface area contributed by atoms with Gasteiger partial charge in [-0.25, -0.2) is 0 Å². The summed E-state index contributed by atoms with van der Waals surface area (Å²) < 4.78 is 0. The Bertz CT molecular complexity index is 879. The van der Waals surface area contributed by atoms with Gasteiger partial charge in [0.05, 0.1) is 15.8 Å². The molecular weight excluding hydrogens is 463 g/mol. The van der Waals surface area contributed by atoms with Gasteiger partial charge in [0.2, 0.25) is 11.8 Å². The van der Waals surface area contributed by atoms with Crippen molar-refractivity contribution in [2.75, 3.05) is 12.3 Å². The standard InChI is InChI=1S/C22H25Cl3N2O2S/c1-3-20(22(29)26-4-2)27(12-15-9-10-18(24)19(25)11-15)21(28)14-30-13-16-7-5-6-8-17(16)23/h5-11,20H,3-4,12-14H2,1-2H3,(H,26,29)/t20-/m0/s1. The lowest BCUT2D eigenvalue weighted by atomic mass is 10.1. The zero-order valence-corrected chi connectivity index (χ0v) is 20.0. The molecule has 0 saturated heterocycles. The van der Waals surface area contributed by atoms with Crippen molar-refractivity contribution in [3.05, 3.63) is 68.7 Å². The highest BCUT2D eigenvalue weighted by Gasteiger charge is 2.28. The first-order valence-corrected chi connectivity index (χ1v) is 12.0. The Kier molecular flexibility index (Phi) is 10.3. The van der Waals surface area contributed by atoms with Gasteiger partial charge in [-0.1, -0.05) is 66.0 Å². The monoisotopic (exact) mass is 486 g/mol. The van der Waals surface area contributed by atoms with E-state index in [2.05, 4.69) is 5.32 Å². The molecule has 0 fully saturated rings. The molecule has 0 unspecified atom stereocenters. The number of carbonyl (C=O) groups is 2. The van der Waals surface area contributed by atoms with E-state index in [4.69, 9.17) is 34.8 Å². The second-order valence-corrected chi connectivity index (χ2v) is 8.88. The van der Waals surface area contributed by atoms with E-state index in [1.165, 1.54) is 11.8 Å². The number of carbonyl (C=O) groups excluding carboxylic acids is 2. The Labute approximate surface area is 197 Å². The van der Waals surface area contributed by atoms with Gasteiger partial charge in [0.1, 0.15) is 6.04 Å². The van der Waals surface area contributed by atoms with Gasteiger partial charge in [0.25, 0.3) is 0 Å². The van der Waals surface area contributed by atoms with Crippen molar-refractivity contribution in [3.8, 4) is 0 Å². The van der Waals surface area contributed by atoms with Gasteiger partial charge < -0.3 is 10.2 Å². The van der Waals surface area contributed by atoms with Gasteiger partial charge in [-0.05, 0) is 42.7 Å². The maximum atomic E-state index is 13.1. The van der Waals surface area contributed by atoms with Crippen LogP contribution in [0.4, 0.5) is 0 Å². The minimum absolute atomic E-state index is 0.115. The predicted octanol–water partition coefficient (Wildman–Crippen LogP) is 5.82. The SMILES string of the molecule is CCNC(=O)[C@H](CC)N(Cc1ccc(Cl)c(Cl)c1)C(=O)CSCc1ccccc1Cl. The summed E-state index contributed by atoms with van der Waals surface area (Å²) in [5.74, 6) is 0.577. The molecule has 2 amide bonds. The fourth-order valence-corrected chi connectivity index (χ4v) is 4.51. The van der Waals surface area contributed by atoms with Crippen LogP contribution in [0, 0.1) is 0 Å². The highest BCUT2D eigenvalue weighted by Crippen LogP contribution is 2.25. The third-order valence-corrected chi connectivity index (χ3v) is 6.59. The van der Waals surface area contributed by atoms with Crippen LogP contribution in [0.25, 0.3) is 0 Å². The van der Waals surface area contributed by atoms with E-state index in [1.54, 1.807) is 17.0 Å². The van der Waals surface area contributed by atoms with Crippen molar-refractivity contribution in [1.29, 1.82) is 0 Å². The molecule has 162 valence electrons. The van der Waals surface area contributed by atoms with Crippen LogP contribution in [-0.2, 0) is 21.9 Å². The number of hydrogen-bond donors (Lipinski definition) is 1. The number of rotatable bonds is 10. The minimum Gasteiger partial charge on any atom is -0.355 e. The zero-order valence-electron chi connectivity index (χ0n) is 17.0. The Morgan fingerprint density at radius 3 is 2.40 bits per heavy atom. The lowest BCUT2D eigenvalue weighted by Crippen LogP contribution is -2.49. The van der Waals surface area contributed by atoms with Crippen LogP contribution < -0.4 is 5.32 Å². The molecule has 0 aliphatic carbocycles. The second-order valence-electron chi connectivity index (χ2n) is 6.67. The van der Waals surface area contributed by atoms with Crippen LogP contribution in [0.15, 0.2) is 42.5 Å². The number of hydrogen-bond acceptors (Lipinski definition) is 3. The van der Waals surface area contributed by atoms with Crippen molar-refractivity contribution in [3.63, 3.8) is 0 Å². The first-order valence-electron chi connectivity index (χ1n) is 9.69. The maximum absolute atomic E-state index is 13.1. The Morgan fingerprint density at radius 2 is 1.77 bits per heavy atom. The van der Waals surface area contributed by atoms with E-state index in [1.807, 2.05) is 44.2 Å². The third kappa shape index (κ3) is 7.09. The summed E-state index contributed by atoms with van der Waals surface area (Å²) in [6.45, 7) is 4.53. The highest BCUT2D eigenvalue weighted by molar-refractivity contribution is 7.99. The lowest BCUT2D eigenvalue weighted by molar-refractivity contribution is -0.139. The lowest BCUT2D eigenvalue weighted by Gasteiger charge is -2.30. The summed E-state index contributed by atoms with van der Waals surface area (Å²) in [4.78, 5) is 27.3. The molecule has 0 aromatic heterocycles. The molecule has 0 bridgehead atoms. The smallest absolute Gasteiger partial charge is 0.242 e. The molecular formula is C22H25Cl3N2O2S. The van der Waals surface area contributed by atoms with Crippen LogP contribution in [0.1, 0.15) is 31.4 Å². The quantitative estimate of drug-likeness (QED) is 0.459. The van der Waals surface area contributed by atoms with Crippen molar-refractivity contribution >= 4 is 58.4 Å². The molecule has 0 radical (unpaired) electrons. The molecule has 0 aliphatic heterocycles. The topological polar surface area (TPSA) is 49.4 Å². The van der Waals surface area contributed by atoms with Crippen molar-refractivity contribution < 1.29 is 9.59 Å². The van der Waals surface area contributed by atoms with Crippen molar-refractivity contribution in [1.82, 2.24) is 10.2 Å². The van der Waals surface area contributed by atoms with Crippen LogP contribution in [0.3, 0.4) is 0 Å². The molecule has 30 heavy (non-hydrogen) atoms. The molecule has 1 N–H and O–H groups in total. The second kappa shape index (κ2) is 12.5. The van der Waals surface area contributed by atoms with Gasteiger partial charge in [-0.15, -0.1) is 11.8 Å². The molecule has 4 nitrogen and oxygen atoms in total. The van der Waals surface area contributed by atoms with Gasteiger partial charge >= 0.3 is 0 Å². The molecule has 0 saturated carbocycles. The van der Waals surface area contributed by atoms with Gasteiger partial charge in [-0.3, -0.25) is 9.59 Å².